The molecule has 1 aliphatic rings. The highest BCUT2D eigenvalue weighted by Crippen LogP contribution is 2.29. The maximum atomic E-state index is 12.2. The molecule has 5 heteroatoms. The quantitative estimate of drug-likeness (QED) is 0.915. The van der Waals surface area contributed by atoms with Crippen LogP contribution in [0, 0.1) is 13.8 Å². The Labute approximate surface area is 134 Å². The molecule has 1 heterocycles. The van der Waals surface area contributed by atoms with Gasteiger partial charge in [0.25, 0.3) is 5.91 Å². The SMILES string of the molecule is Cc1ccc(C)c(NC(=O)C[C@H]2Oc3ccccc3NC2=O)c1. The van der Waals surface area contributed by atoms with Gasteiger partial charge in [-0.2, -0.15) is 0 Å². The molecule has 2 amide bonds. The third-order valence-electron chi connectivity index (χ3n) is 3.74. The van der Waals surface area contributed by atoms with E-state index in [-0.39, 0.29) is 18.2 Å². The van der Waals surface area contributed by atoms with Gasteiger partial charge in [0.05, 0.1) is 12.1 Å². The Bertz CT molecular complexity index is 771. The Morgan fingerprint density at radius 3 is 2.83 bits per heavy atom. The molecule has 1 atom stereocenters. The molecule has 0 radical (unpaired) electrons. The second-order valence-electron chi connectivity index (χ2n) is 5.66. The van der Waals surface area contributed by atoms with Gasteiger partial charge in [0.2, 0.25) is 5.91 Å². The first kappa shape index (κ1) is 15.1. The highest BCUT2D eigenvalue weighted by molar-refractivity contribution is 6.02. The van der Waals surface area contributed by atoms with Crippen LogP contribution in [0.2, 0.25) is 0 Å². The second kappa shape index (κ2) is 6.12. The minimum absolute atomic E-state index is 0.0342. The minimum atomic E-state index is -0.824. The van der Waals surface area contributed by atoms with Crippen LogP contribution in [0.4, 0.5) is 11.4 Å². The summed E-state index contributed by atoms with van der Waals surface area (Å²) in [5.74, 6) is 0.0229. The lowest BCUT2D eigenvalue weighted by Gasteiger charge is -2.25. The predicted molar refractivity (Wildman–Crippen MR) is 88.7 cm³/mol. The van der Waals surface area contributed by atoms with Crippen molar-refractivity contribution >= 4 is 23.2 Å². The number of benzene rings is 2. The van der Waals surface area contributed by atoms with Crippen molar-refractivity contribution in [3.05, 3.63) is 53.6 Å². The number of amides is 2. The Balaban J connectivity index is 1.69. The van der Waals surface area contributed by atoms with E-state index in [4.69, 9.17) is 4.74 Å². The molecule has 1 aliphatic heterocycles. The van der Waals surface area contributed by atoms with Gasteiger partial charge in [0, 0.05) is 5.69 Å². The molecule has 0 bridgehead atoms. The molecule has 0 saturated heterocycles. The monoisotopic (exact) mass is 310 g/mol. The third kappa shape index (κ3) is 3.34. The van der Waals surface area contributed by atoms with Crippen molar-refractivity contribution in [2.75, 3.05) is 10.6 Å². The molecule has 118 valence electrons. The van der Waals surface area contributed by atoms with Gasteiger partial charge in [-0.15, -0.1) is 0 Å². The van der Waals surface area contributed by atoms with Crippen molar-refractivity contribution in [1.29, 1.82) is 0 Å². The van der Waals surface area contributed by atoms with Crippen LogP contribution in [0.5, 0.6) is 5.75 Å². The molecule has 23 heavy (non-hydrogen) atoms. The van der Waals surface area contributed by atoms with E-state index in [1.807, 2.05) is 44.2 Å². The van der Waals surface area contributed by atoms with Crippen molar-refractivity contribution in [2.24, 2.45) is 0 Å². The fourth-order valence-corrected chi connectivity index (χ4v) is 2.47. The van der Waals surface area contributed by atoms with Crippen molar-refractivity contribution in [2.45, 2.75) is 26.4 Å². The van der Waals surface area contributed by atoms with Gasteiger partial charge in [-0.1, -0.05) is 24.3 Å². The van der Waals surface area contributed by atoms with Crippen LogP contribution in [0.15, 0.2) is 42.5 Å². The van der Waals surface area contributed by atoms with Crippen molar-refractivity contribution in [3.63, 3.8) is 0 Å². The van der Waals surface area contributed by atoms with Gasteiger partial charge >= 0.3 is 0 Å². The lowest BCUT2D eigenvalue weighted by Crippen LogP contribution is -2.39. The number of aryl methyl sites for hydroxylation is 2. The summed E-state index contributed by atoms with van der Waals surface area (Å²) in [6.07, 6.45) is -0.858. The Morgan fingerprint density at radius 1 is 1.22 bits per heavy atom. The molecule has 2 aromatic carbocycles. The molecule has 0 aliphatic carbocycles. The molecular formula is C18H18N2O3. The molecule has 0 saturated carbocycles. The first-order chi connectivity index (χ1) is 11.0. The van der Waals surface area contributed by atoms with Crippen LogP contribution in [-0.4, -0.2) is 17.9 Å². The normalized spacial score (nSPS) is 16.1. The van der Waals surface area contributed by atoms with Gasteiger partial charge in [-0.3, -0.25) is 9.59 Å². The maximum absolute atomic E-state index is 12.2. The largest absolute Gasteiger partial charge is 0.478 e. The molecule has 0 fully saturated rings. The highest BCUT2D eigenvalue weighted by Gasteiger charge is 2.29. The summed E-state index contributed by atoms with van der Waals surface area (Å²) >= 11 is 0. The number of fused-ring (bicyclic) bond motifs is 1. The Hall–Kier alpha value is -2.82. The zero-order valence-corrected chi connectivity index (χ0v) is 13.1. The average molecular weight is 310 g/mol. The predicted octanol–water partition coefficient (Wildman–Crippen LogP) is 3.03. The number of hydrogen-bond acceptors (Lipinski definition) is 3. The number of rotatable bonds is 3. The van der Waals surface area contributed by atoms with Crippen LogP contribution in [0.3, 0.4) is 0 Å². The number of hydrogen-bond donors (Lipinski definition) is 2. The van der Waals surface area contributed by atoms with Crippen LogP contribution in [0.1, 0.15) is 17.5 Å². The standard InChI is InChI=1S/C18H18N2O3/c1-11-7-8-12(2)14(9-11)19-17(21)10-16-18(22)20-13-5-3-4-6-15(13)23-16/h3-9,16H,10H2,1-2H3,(H,19,21)(H,20,22)/t16-/m1/s1. The topological polar surface area (TPSA) is 67.4 Å². The smallest absolute Gasteiger partial charge is 0.266 e. The molecule has 3 rings (SSSR count). The lowest BCUT2D eigenvalue weighted by molar-refractivity contribution is -0.128. The van der Waals surface area contributed by atoms with E-state index in [1.165, 1.54) is 0 Å². The zero-order valence-electron chi connectivity index (χ0n) is 13.1. The molecule has 0 aromatic heterocycles. The summed E-state index contributed by atoms with van der Waals surface area (Å²) in [6, 6.07) is 13.0. The van der Waals surface area contributed by atoms with E-state index in [0.717, 1.165) is 16.8 Å². The summed E-state index contributed by atoms with van der Waals surface area (Å²) in [6.45, 7) is 3.89. The van der Waals surface area contributed by atoms with E-state index in [1.54, 1.807) is 12.1 Å². The van der Waals surface area contributed by atoms with E-state index >= 15 is 0 Å². The number of anilines is 2. The van der Waals surface area contributed by atoms with Gasteiger partial charge in [-0.25, -0.2) is 0 Å². The number of para-hydroxylation sites is 2. The van der Waals surface area contributed by atoms with Crippen molar-refractivity contribution in [3.8, 4) is 5.75 Å². The molecular weight excluding hydrogens is 292 g/mol. The Kier molecular flexibility index (Phi) is 4.02. The van der Waals surface area contributed by atoms with E-state index in [9.17, 15) is 9.59 Å². The molecule has 5 nitrogen and oxygen atoms in total. The van der Waals surface area contributed by atoms with Crippen LogP contribution in [0.25, 0.3) is 0 Å². The van der Waals surface area contributed by atoms with Crippen molar-refractivity contribution in [1.82, 2.24) is 0 Å². The summed E-state index contributed by atoms with van der Waals surface area (Å²) in [4.78, 5) is 24.3. The zero-order chi connectivity index (χ0) is 16.4. The third-order valence-corrected chi connectivity index (χ3v) is 3.74. The summed E-state index contributed by atoms with van der Waals surface area (Å²) in [5, 5.41) is 5.60. The van der Waals surface area contributed by atoms with Crippen LogP contribution >= 0.6 is 0 Å². The first-order valence-corrected chi connectivity index (χ1v) is 7.46. The molecule has 0 unspecified atom stereocenters. The number of carbonyl (C=O) groups excluding carboxylic acids is 2. The fraction of sp³-hybridized carbons (Fsp3) is 0.222. The van der Waals surface area contributed by atoms with Crippen molar-refractivity contribution < 1.29 is 14.3 Å². The summed E-state index contributed by atoms with van der Waals surface area (Å²) in [5.41, 5.74) is 3.42. The lowest BCUT2D eigenvalue weighted by atomic mass is 10.1. The fourth-order valence-electron chi connectivity index (χ4n) is 2.47. The first-order valence-electron chi connectivity index (χ1n) is 7.46. The van der Waals surface area contributed by atoms with E-state index < -0.39 is 6.10 Å². The van der Waals surface area contributed by atoms with Gasteiger partial charge in [0.1, 0.15) is 5.75 Å². The minimum Gasteiger partial charge on any atom is -0.478 e. The molecule has 2 aromatic rings. The van der Waals surface area contributed by atoms with Gasteiger partial charge in [-0.05, 0) is 43.2 Å². The van der Waals surface area contributed by atoms with Crippen LogP contribution < -0.4 is 15.4 Å². The summed E-state index contributed by atoms with van der Waals surface area (Å²) < 4.78 is 5.63. The van der Waals surface area contributed by atoms with Crippen LogP contribution in [-0.2, 0) is 9.59 Å². The number of ether oxygens (including phenoxy) is 1. The van der Waals surface area contributed by atoms with Gasteiger partial charge in [0.15, 0.2) is 6.10 Å². The van der Waals surface area contributed by atoms with Gasteiger partial charge < -0.3 is 15.4 Å². The Morgan fingerprint density at radius 2 is 2.00 bits per heavy atom. The molecule has 0 spiro atoms. The summed E-state index contributed by atoms with van der Waals surface area (Å²) in [7, 11) is 0. The van der Waals surface area contributed by atoms with E-state index in [0.29, 0.717) is 11.4 Å². The molecule has 2 N–H and O–H groups in total. The average Bonchev–Trinajstić information content (AvgIpc) is 2.51. The highest BCUT2D eigenvalue weighted by atomic mass is 16.5. The maximum Gasteiger partial charge on any atom is 0.266 e. The number of carbonyl (C=O) groups is 2. The number of nitrogens with one attached hydrogen (secondary N) is 2. The second-order valence-corrected chi connectivity index (χ2v) is 5.66. The van der Waals surface area contributed by atoms with E-state index in [2.05, 4.69) is 10.6 Å².